The quantitative estimate of drug-likeness (QED) is 0.133. The van der Waals surface area contributed by atoms with Gasteiger partial charge in [0.1, 0.15) is 45.3 Å². The van der Waals surface area contributed by atoms with Crippen molar-refractivity contribution in [2.45, 2.75) is 10.8 Å². The summed E-state index contributed by atoms with van der Waals surface area (Å²) in [7, 11) is 0. The highest BCUT2D eigenvalue weighted by Gasteiger charge is 2.53. The van der Waals surface area contributed by atoms with E-state index in [1.807, 2.05) is 133 Å². The fourth-order valence-corrected chi connectivity index (χ4v) is 21.3. The Morgan fingerprint density at radius 2 is 0.531 bits per heavy atom. The Kier molecular flexibility index (Phi) is 16.0. The number of para-hydroxylation sites is 5. The highest BCUT2D eigenvalue weighted by atomic mass is 16.5. The van der Waals surface area contributed by atoms with Crippen LogP contribution in [-0.2, 0) is 10.8 Å². The van der Waals surface area contributed by atoms with Crippen molar-refractivity contribution in [1.82, 2.24) is 39.9 Å². The largest absolute Gasteiger partial charge is 0.456 e. The van der Waals surface area contributed by atoms with Crippen LogP contribution in [-0.4, -0.2) is 39.9 Å². The Labute approximate surface area is 744 Å². The van der Waals surface area contributed by atoms with E-state index < -0.39 is 10.8 Å². The molecule has 0 bridgehead atoms. The maximum Gasteiger partial charge on any atom is 0.167 e. The molecule has 0 unspecified atom stereocenters. The lowest BCUT2D eigenvalue weighted by Crippen LogP contribution is -2.32. The molecule has 28 rings (SSSR count). The molecule has 0 atom stereocenters. The van der Waals surface area contributed by atoms with Gasteiger partial charge in [0.25, 0.3) is 0 Å². The summed E-state index contributed by atoms with van der Waals surface area (Å²) in [6, 6.07) is 144. The number of hydrogen-bond donors (Lipinski definition) is 0. The van der Waals surface area contributed by atoms with Crippen molar-refractivity contribution < 1.29 is 18.3 Å². The predicted molar refractivity (Wildman–Crippen MR) is 518 cm³/mol. The van der Waals surface area contributed by atoms with E-state index in [1.165, 1.54) is 44.5 Å². The van der Waals surface area contributed by atoms with Gasteiger partial charge in [-0.2, -0.15) is 0 Å². The third kappa shape index (κ3) is 10.8. The van der Waals surface area contributed by atoms with Crippen LogP contribution in [0.2, 0.25) is 0 Å². The molecule has 0 amide bonds. The molecule has 0 radical (unpaired) electrons. The molecule has 0 N–H and O–H groups in total. The molecule has 2 spiro atoms. The van der Waals surface area contributed by atoms with Gasteiger partial charge in [0.05, 0.1) is 38.8 Å². The van der Waals surface area contributed by atoms with Crippen LogP contribution in [0.15, 0.2) is 421 Å². The summed E-state index contributed by atoms with van der Waals surface area (Å²) in [4.78, 5) is 42.1. The van der Waals surface area contributed by atoms with E-state index in [-0.39, 0.29) is 0 Å². The molecule has 2 aliphatic heterocycles. The first-order chi connectivity index (χ1) is 64.4. The fraction of sp³-hybridized carbons (Fsp3) is 0.0169. The predicted octanol–water partition coefficient (Wildman–Crippen LogP) is 29.2. The van der Waals surface area contributed by atoms with Gasteiger partial charge in [-0.3, -0.25) is 0 Å². The number of furan rings is 2. The fourth-order valence-electron chi connectivity index (χ4n) is 21.3. The zero-order chi connectivity index (χ0) is 85.3. The second-order valence-corrected chi connectivity index (χ2v) is 33.6. The normalized spacial score (nSPS) is 13.2. The van der Waals surface area contributed by atoms with Gasteiger partial charge in [-0.05, 0) is 117 Å². The van der Waals surface area contributed by atoms with E-state index in [9.17, 15) is 0 Å². The van der Waals surface area contributed by atoms with Crippen molar-refractivity contribution in [3.05, 3.63) is 457 Å². The Bertz CT molecular complexity index is 8800. The van der Waals surface area contributed by atoms with Crippen LogP contribution in [0.25, 0.3) is 200 Å². The molecule has 130 heavy (non-hydrogen) atoms. The van der Waals surface area contributed by atoms with Gasteiger partial charge in [-0.15, -0.1) is 0 Å². The van der Waals surface area contributed by atoms with Gasteiger partial charge in [0.15, 0.2) is 34.9 Å². The van der Waals surface area contributed by atoms with E-state index in [2.05, 4.69) is 279 Å². The van der Waals surface area contributed by atoms with Crippen LogP contribution >= 0.6 is 0 Å². The summed E-state index contributed by atoms with van der Waals surface area (Å²) in [6.07, 6.45) is 0. The highest BCUT2D eigenvalue weighted by Crippen LogP contribution is 2.66. The number of aromatic nitrogens is 8. The number of ether oxygens (including phenoxy) is 2. The number of fused-ring (bicyclic) bond motifs is 32. The Morgan fingerprint density at radius 1 is 0.185 bits per heavy atom. The lowest BCUT2D eigenvalue weighted by molar-refractivity contribution is 0.442. The number of pyridine rings is 2. The first kappa shape index (κ1) is 72.9. The molecular formula is C118H68N8O4. The maximum atomic E-state index is 7.30. The van der Waals surface area contributed by atoms with Gasteiger partial charge < -0.3 is 18.3 Å². The third-order valence-electron chi connectivity index (χ3n) is 26.8. The van der Waals surface area contributed by atoms with Gasteiger partial charge in [-0.25, -0.2) is 39.9 Å². The monoisotopic (exact) mass is 1660 g/mol. The molecule has 12 nitrogen and oxygen atoms in total. The first-order valence-corrected chi connectivity index (χ1v) is 43.8. The van der Waals surface area contributed by atoms with Gasteiger partial charge in [-0.1, -0.05) is 340 Å². The second kappa shape index (κ2) is 28.5. The smallest absolute Gasteiger partial charge is 0.167 e. The summed E-state index contributed by atoms with van der Waals surface area (Å²) in [5.41, 5.74) is 26.8. The number of hydrogen-bond acceptors (Lipinski definition) is 12. The molecule has 604 valence electrons. The van der Waals surface area contributed by atoms with Gasteiger partial charge in [0.2, 0.25) is 0 Å². The second-order valence-electron chi connectivity index (χ2n) is 33.6. The van der Waals surface area contributed by atoms with Crippen LogP contribution < -0.4 is 9.47 Å². The Morgan fingerprint density at radius 3 is 1.01 bits per heavy atom. The van der Waals surface area contributed by atoms with Gasteiger partial charge >= 0.3 is 0 Å². The van der Waals surface area contributed by atoms with E-state index in [0.29, 0.717) is 34.9 Å². The Hall–Kier alpha value is -17.5. The Balaban J connectivity index is 0.000000134. The lowest BCUT2D eigenvalue weighted by atomic mass is 9.65. The SMILES string of the molecule is c1ccc(-c2nc(-c3ccc4nc(-c5ccccc5)c5ccc6c(c5c4c3)Oc3ccccc3C63c4ccccc4-c4ccccc43)nc(-c3cccc4c3oc3ccccc34)n2)cc1.c1ccc(-c2nc(-c3ccc4nc(-c5ccccc5)c5ccc6c(c5c4c3)Oc3ccccc3C63c4ccccc4-c4ccccc43)nc(-c3cccc4oc5ccccc5c34)n2)cc1. The molecule has 6 aromatic heterocycles. The highest BCUT2D eigenvalue weighted by molar-refractivity contribution is 6.19. The molecule has 4 aliphatic rings. The molecule has 18 aromatic carbocycles. The van der Waals surface area contributed by atoms with E-state index >= 15 is 0 Å². The minimum Gasteiger partial charge on any atom is -0.456 e. The zero-order valence-corrected chi connectivity index (χ0v) is 69.5. The van der Waals surface area contributed by atoms with Crippen LogP contribution in [0.3, 0.4) is 0 Å². The van der Waals surface area contributed by atoms with Crippen molar-refractivity contribution in [1.29, 1.82) is 0 Å². The summed E-state index contributed by atoms with van der Waals surface area (Å²) >= 11 is 0. The maximum absolute atomic E-state index is 7.30. The van der Waals surface area contributed by atoms with Crippen molar-refractivity contribution in [2.24, 2.45) is 0 Å². The van der Waals surface area contributed by atoms with Gasteiger partial charge in [0, 0.05) is 115 Å². The van der Waals surface area contributed by atoms with E-state index in [1.54, 1.807) is 0 Å². The van der Waals surface area contributed by atoms with E-state index in [0.717, 1.165) is 188 Å². The third-order valence-corrected chi connectivity index (χ3v) is 26.8. The topological polar surface area (TPSA) is 148 Å². The van der Waals surface area contributed by atoms with Crippen LogP contribution in [0.4, 0.5) is 0 Å². The zero-order valence-electron chi connectivity index (χ0n) is 69.5. The van der Waals surface area contributed by atoms with Crippen molar-refractivity contribution in [2.75, 3.05) is 0 Å². The minimum absolute atomic E-state index is 0.527. The van der Waals surface area contributed by atoms with Crippen LogP contribution in [0.1, 0.15) is 44.5 Å². The molecule has 0 saturated carbocycles. The summed E-state index contributed by atoms with van der Waals surface area (Å²) in [5, 5.41) is 9.86. The number of benzene rings is 18. The average molecular weight is 1660 g/mol. The van der Waals surface area contributed by atoms with Crippen LogP contribution in [0, 0.1) is 0 Å². The van der Waals surface area contributed by atoms with Crippen molar-refractivity contribution >= 4 is 87.2 Å². The summed E-state index contributed by atoms with van der Waals surface area (Å²) < 4.78 is 27.4. The molecule has 0 fully saturated rings. The van der Waals surface area contributed by atoms with Crippen molar-refractivity contribution in [3.63, 3.8) is 0 Å². The van der Waals surface area contributed by atoms with Crippen LogP contribution in [0.5, 0.6) is 23.0 Å². The van der Waals surface area contributed by atoms with Crippen molar-refractivity contribution in [3.8, 4) is 136 Å². The minimum atomic E-state index is -0.628. The first-order valence-electron chi connectivity index (χ1n) is 43.8. The molecule has 12 heteroatoms. The van der Waals surface area contributed by atoms with E-state index in [4.69, 9.17) is 58.2 Å². The average Bonchev–Trinajstić information content (AvgIpc) is 1.49. The standard InChI is InChI=1S/2C59H34N4O2/c1-3-16-35(17-4-1)53-42-31-32-48-55(65-51-29-14-12-27-47(51)59(48)45-25-10-7-20-38(45)39-21-8-11-26-46(39)59)52(42)44-34-37(30-33-49(44)60-53)57-61-56(36-18-5-2-6-19-36)62-58(63-57)43-24-15-23-41-40-22-9-13-28-50(40)64-54(41)43;1-3-16-35(17-4-1)54-41-31-32-47-55(65-50-28-14-12-26-46(50)59(47)44-24-10-7-20-38(44)39-21-8-11-25-45(39)59)53(41)43-34-37(30-33-48(43)60-54)57-61-56(36-18-5-2-6-19-36)62-58(63-57)42-23-15-29-51-52(42)40-22-9-13-27-49(40)64-51/h2*1-34H. The summed E-state index contributed by atoms with van der Waals surface area (Å²) in [5.74, 6) is 6.61. The number of rotatable bonds is 8. The molecule has 24 aromatic rings. The molecular weight excluding hydrogens is 1590 g/mol. The molecule has 2 aliphatic carbocycles. The number of nitrogens with zero attached hydrogens (tertiary/aromatic N) is 8. The summed E-state index contributed by atoms with van der Waals surface area (Å²) in [6.45, 7) is 0. The lowest BCUT2D eigenvalue weighted by Gasteiger charge is -2.40. The molecule has 0 saturated heterocycles. The molecule has 8 heterocycles.